The Labute approximate surface area is 92.1 Å². The van der Waals surface area contributed by atoms with Crippen molar-refractivity contribution in [3.63, 3.8) is 0 Å². The van der Waals surface area contributed by atoms with Gasteiger partial charge in [0.2, 0.25) is 0 Å². The molecule has 2 heteroatoms. The lowest BCUT2D eigenvalue weighted by Gasteiger charge is -2.20. The topological polar surface area (TPSA) is 24.9 Å². The minimum absolute atomic E-state index is 0.578. The highest BCUT2D eigenvalue weighted by Crippen LogP contribution is 2.47. The van der Waals surface area contributed by atoms with E-state index >= 15 is 0 Å². The molecule has 0 spiro atoms. The molecule has 15 heavy (non-hydrogen) atoms. The largest absolute Gasteiger partial charge is 0.313 e. The molecule has 0 aromatic carbocycles. The van der Waals surface area contributed by atoms with Crippen molar-refractivity contribution in [1.29, 1.82) is 0 Å². The lowest BCUT2D eigenvalue weighted by molar-refractivity contribution is 0.383. The van der Waals surface area contributed by atoms with Gasteiger partial charge in [-0.2, -0.15) is 0 Å². The zero-order chi connectivity index (χ0) is 10.7. The zero-order valence-electron chi connectivity index (χ0n) is 9.66. The molecular weight excluding hydrogens is 184 g/mol. The van der Waals surface area contributed by atoms with Gasteiger partial charge in [-0.1, -0.05) is 13.0 Å². The molecule has 1 unspecified atom stereocenters. The van der Waals surface area contributed by atoms with E-state index < -0.39 is 0 Å². The van der Waals surface area contributed by atoms with Crippen LogP contribution in [-0.4, -0.2) is 17.6 Å². The first-order chi connectivity index (χ1) is 7.21. The fourth-order valence-electron chi connectivity index (χ4n) is 1.86. The Morgan fingerprint density at radius 1 is 1.53 bits per heavy atom. The molecule has 1 saturated carbocycles. The summed E-state index contributed by atoms with van der Waals surface area (Å²) < 4.78 is 0. The molecule has 82 valence electrons. The van der Waals surface area contributed by atoms with E-state index in [9.17, 15) is 0 Å². The summed E-state index contributed by atoms with van der Waals surface area (Å²) in [6, 6.07) is 4.79. The predicted molar refractivity (Wildman–Crippen MR) is 62.7 cm³/mol. The second-order valence-electron chi connectivity index (χ2n) is 4.94. The van der Waals surface area contributed by atoms with Gasteiger partial charge in [-0.25, -0.2) is 0 Å². The predicted octanol–water partition coefficient (Wildman–Crippen LogP) is 2.40. The van der Waals surface area contributed by atoms with E-state index in [4.69, 9.17) is 0 Å². The SMILES string of the molecule is CC(NCCc1cccnc1)C1(C)CC1. The summed E-state index contributed by atoms with van der Waals surface area (Å²) in [4.78, 5) is 4.12. The highest BCUT2D eigenvalue weighted by atomic mass is 14.9. The molecule has 2 rings (SSSR count). The molecule has 1 N–H and O–H groups in total. The average Bonchev–Trinajstić information content (AvgIpc) is 2.99. The fraction of sp³-hybridized carbons (Fsp3) is 0.615. The molecule has 1 aromatic rings. The van der Waals surface area contributed by atoms with Crippen LogP contribution < -0.4 is 5.32 Å². The standard InChI is InChI=1S/C13H20N2/c1-11(13(2)6-7-13)15-9-5-12-4-3-8-14-10-12/h3-4,8,10-11,15H,5-7,9H2,1-2H3. The first-order valence-corrected chi connectivity index (χ1v) is 5.83. The van der Waals surface area contributed by atoms with E-state index in [0.29, 0.717) is 11.5 Å². The molecule has 0 aliphatic heterocycles. The van der Waals surface area contributed by atoms with Crippen LogP contribution in [0.5, 0.6) is 0 Å². The zero-order valence-corrected chi connectivity index (χ0v) is 9.66. The van der Waals surface area contributed by atoms with Gasteiger partial charge in [0, 0.05) is 18.4 Å². The molecule has 0 bridgehead atoms. The van der Waals surface area contributed by atoms with Crippen LogP contribution in [0.25, 0.3) is 0 Å². The van der Waals surface area contributed by atoms with Crippen LogP contribution >= 0.6 is 0 Å². The Morgan fingerprint density at radius 3 is 2.93 bits per heavy atom. The van der Waals surface area contributed by atoms with Crippen molar-refractivity contribution in [2.24, 2.45) is 5.41 Å². The molecule has 1 heterocycles. The lowest BCUT2D eigenvalue weighted by Crippen LogP contribution is -2.34. The van der Waals surface area contributed by atoms with Crippen LogP contribution in [0, 0.1) is 5.41 Å². The van der Waals surface area contributed by atoms with Crippen molar-refractivity contribution < 1.29 is 0 Å². The molecule has 2 nitrogen and oxygen atoms in total. The molecule has 1 aliphatic rings. The highest BCUT2D eigenvalue weighted by molar-refractivity contribution is 5.08. The van der Waals surface area contributed by atoms with Crippen LogP contribution in [-0.2, 0) is 6.42 Å². The van der Waals surface area contributed by atoms with Gasteiger partial charge in [-0.3, -0.25) is 4.98 Å². The second kappa shape index (κ2) is 4.31. The number of nitrogens with zero attached hydrogens (tertiary/aromatic N) is 1. The number of hydrogen-bond donors (Lipinski definition) is 1. The van der Waals surface area contributed by atoms with E-state index in [1.165, 1.54) is 18.4 Å². The molecule has 1 aliphatic carbocycles. The summed E-state index contributed by atoms with van der Waals surface area (Å²) in [5.41, 5.74) is 1.90. The molecule has 0 saturated heterocycles. The first kappa shape index (κ1) is 10.6. The summed E-state index contributed by atoms with van der Waals surface area (Å²) in [6.07, 6.45) is 7.62. The van der Waals surface area contributed by atoms with Crippen molar-refractivity contribution >= 4 is 0 Å². The molecule has 0 radical (unpaired) electrons. The van der Waals surface area contributed by atoms with Crippen molar-refractivity contribution in [2.45, 2.75) is 39.2 Å². The Bertz CT molecular complexity index is 304. The van der Waals surface area contributed by atoms with E-state index in [1.54, 1.807) is 0 Å². The van der Waals surface area contributed by atoms with E-state index in [1.807, 2.05) is 18.5 Å². The fourth-order valence-corrected chi connectivity index (χ4v) is 1.86. The highest BCUT2D eigenvalue weighted by Gasteiger charge is 2.41. The van der Waals surface area contributed by atoms with Gasteiger partial charge >= 0.3 is 0 Å². The van der Waals surface area contributed by atoms with Crippen molar-refractivity contribution in [2.75, 3.05) is 6.54 Å². The third kappa shape index (κ3) is 2.78. The van der Waals surface area contributed by atoms with E-state index in [-0.39, 0.29) is 0 Å². The molecule has 1 aromatic heterocycles. The summed E-state index contributed by atoms with van der Waals surface area (Å²) in [5, 5.41) is 3.61. The number of aromatic nitrogens is 1. The van der Waals surface area contributed by atoms with Crippen LogP contribution in [0.2, 0.25) is 0 Å². The molecule has 1 atom stereocenters. The Kier molecular flexibility index (Phi) is 3.06. The van der Waals surface area contributed by atoms with Gasteiger partial charge in [0.25, 0.3) is 0 Å². The normalized spacial score (nSPS) is 19.9. The van der Waals surface area contributed by atoms with Gasteiger partial charge in [0.05, 0.1) is 0 Å². The van der Waals surface area contributed by atoms with Gasteiger partial charge < -0.3 is 5.32 Å². The Hall–Kier alpha value is -0.890. The van der Waals surface area contributed by atoms with Crippen molar-refractivity contribution in [3.8, 4) is 0 Å². The third-order valence-corrected chi connectivity index (χ3v) is 3.67. The van der Waals surface area contributed by atoms with E-state index in [0.717, 1.165) is 13.0 Å². The third-order valence-electron chi connectivity index (χ3n) is 3.67. The smallest absolute Gasteiger partial charge is 0.0300 e. The quantitative estimate of drug-likeness (QED) is 0.796. The van der Waals surface area contributed by atoms with E-state index in [2.05, 4.69) is 30.2 Å². The molecular formula is C13H20N2. The minimum Gasteiger partial charge on any atom is -0.313 e. The monoisotopic (exact) mass is 204 g/mol. The molecule has 0 amide bonds. The van der Waals surface area contributed by atoms with Crippen molar-refractivity contribution in [1.82, 2.24) is 10.3 Å². The minimum atomic E-state index is 0.578. The van der Waals surface area contributed by atoms with Crippen LogP contribution in [0.1, 0.15) is 32.3 Å². The number of hydrogen-bond acceptors (Lipinski definition) is 2. The summed E-state index contributed by atoms with van der Waals surface area (Å²) in [6.45, 7) is 5.73. The summed E-state index contributed by atoms with van der Waals surface area (Å²) in [7, 11) is 0. The van der Waals surface area contributed by atoms with Gasteiger partial charge in [-0.05, 0) is 49.8 Å². The maximum atomic E-state index is 4.12. The van der Waals surface area contributed by atoms with Crippen LogP contribution in [0.15, 0.2) is 24.5 Å². The molecule has 1 fully saturated rings. The summed E-state index contributed by atoms with van der Waals surface area (Å²) in [5.74, 6) is 0. The van der Waals surface area contributed by atoms with Gasteiger partial charge in [-0.15, -0.1) is 0 Å². The van der Waals surface area contributed by atoms with Crippen LogP contribution in [0.4, 0.5) is 0 Å². The van der Waals surface area contributed by atoms with Crippen molar-refractivity contribution in [3.05, 3.63) is 30.1 Å². The number of pyridine rings is 1. The van der Waals surface area contributed by atoms with Crippen LogP contribution in [0.3, 0.4) is 0 Å². The van der Waals surface area contributed by atoms with Gasteiger partial charge in [0.1, 0.15) is 0 Å². The maximum absolute atomic E-state index is 4.12. The Morgan fingerprint density at radius 2 is 2.33 bits per heavy atom. The number of nitrogens with one attached hydrogen (secondary N) is 1. The Balaban J connectivity index is 1.71. The second-order valence-corrected chi connectivity index (χ2v) is 4.94. The number of rotatable bonds is 5. The average molecular weight is 204 g/mol. The lowest BCUT2D eigenvalue weighted by atomic mass is 10.0. The van der Waals surface area contributed by atoms with Gasteiger partial charge in [0.15, 0.2) is 0 Å². The first-order valence-electron chi connectivity index (χ1n) is 5.83. The maximum Gasteiger partial charge on any atom is 0.0300 e. The summed E-state index contributed by atoms with van der Waals surface area (Å²) >= 11 is 0.